The van der Waals surface area contributed by atoms with E-state index >= 15 is 0 Å². The molecular formula is C18H12ClF2N3O. The molecule has 1 amide bonds. The minimum Gasteiger partial charge on any atom is -0.340 e. The van der Waals surface area contributed by atoms with Crippen LogP contribution >= 0.6 is 11.6 Å². The van der Waals surface area contributed by atoms with E-state index in [2.05, 4.69) is 15.6 Å². The van der Waals surface area contributed by atoms with Gasteiger partial charge in [-0.2, -0.15) is 0 Å². The fourth-order valence-electron chi connectivity index (χ4n) is 2.12. The fraction of sp³-hybridized carbons (Fsp3) is 0. The molecule has 2 aromatic carbocycles. The van der Waals surface area contributed by atoms with E-state index < -0.39 is 11.6 Å². The van der Waals surface area contributed by atoms with Gasteiger partial charge in [0.1, 0.15) is 5.82 Å². The van der Waals surface area contributed by atoms with Crippen molar-refractivity contribution in [3.8, 4) is 0 Å². The van der Waals surface area contributed by atoms with Gasteiger partial charge in [0.2, 0.25) is 0 Å². The molecule has 0 radical (unpaired) electrons. The highest BCUT2D eigenvalue weighted by Crippen LogP contribution is 2.22. The molecule has 0 saturated heterocycles. The number of pyridine rings is 1. The first-order valence-corrected chi connectivity index (χ1v) is 7.65. The van der Waals surface area contributed by atoms with Crippen LogP contribution in [0.15, 0.2) is 60.8 Å². The molecule has 0 spiro atoms. The van der Waals surface area contributed by atoms with Gasteiger partial charge in [-0.05, 0) is 36.4 Å². The molecule has 0 aliphatic carbocycles. The summed E-state index contributed by atoms with van der Waals surface area (Å²) in [6.07, 6.45) is 1.43. The van der Waals surface area contributed by atoms with Crippen molar-refractivity contribution >= 4 is 34.7 Å². The van der Waals surface area contributed by atoms with Crippen LogP contribution in [-0.2, 0) is 0 Å². The lowest BCUT2D eigenvalue weighted by Gasteiger charge is -2.09. The molecule has 3 aromatic rings. The molecule has 1 heterocycles. The number of carbonyl (C=O) groups is 1. The number of hydrogen-bond acceptors (Lipinski definition) is 3. The van der Waals surface area contributed by atoms with Gasteiger partial charge in [-0.15, -0.1) is 0 Å². The monoisotopic (exact) mass is 359 g/mol. The Bertz CT molecular complexity index is 934. The summed E-state index contributed by atoms with van der Waals surface area (Å²) in [5.74, 6) is -1.97. The van der Waals surface area contributed by atoms with Gasteiger partial charge in [-0.1, -0.05) is 23.7 Å². The fourth-order valence-corrected chi connectivity index (χ4v) is 2.30. The SMILES string of the molecule is O=C(Nc1ccccc1Cl)c1ccnc(Nc2ccc(F)c(F)c2)c1. The van der Waals surface area contributed by atoms with Crippen LogP contribution in [0.4, 0.5) is 26.0 Å². The number of nitrogens with zero attached hydrogens (tertiary/aromatic N) is 1. The third kappa shape index (κ3) is 4.10. The molecule has 0 aliphatic rings. The predicted octanol–water partition coefficient (Wildman–Crippen LogP) is 5.01. The molecular weight excluding hydrogens is 348 g/mol. The molecule has 0 aliphatic heterocycles. The van der Waals surface area contributed by atoms with Crippen LogP contribution in [0, 0.1) is 11.6 Å². The molecule has 0 atom stereocenters. The number of aromatic nitrogens is 1. The maximum atomic E-state index is 13.3. The van der Waals surface area contributed by atoms with Gasteiger partial charge in [-0.25, -0.2) is 13.8 Å². The van der Waals surface area contributed by atoms with Crippen LogP contribution in [-0.4, -0.2) is 10.9 Å². The van der Waals surface area contributed by atoms with Gasteiger partial charge >= 0.3 is 0 Å². The van der Waals surface area contributed by atoms with Gasteiger partial charge in [0.05, 0.1) is 10.7 Å². The van der Waals surface area contributed by atoms with Crippen LogP contribution in [0.5, 0.6) is 0 Å². The Hall–Kier alpha value is -2.99. The molecule has 25 heavy (non-hydrogen) atoms. The van der Waals surface area contributed by atoms with Crippen molar-refractivity contribution in [2.75, 3.05) is 10.6 Å². The Morgan fingerprint density at radius 2 is 1.80 bits per heavy atom. The van der Waals surface area contributed by atoms with Gasteiger partial charge < -0.3 is 10.6 Å². The summed E-state index contributed by atoms with van der Waals surface area (Å²) in [6, 6.07) is 13.3. The molecule has 0 bridgehead atoms. The topological polar surface area (TPSA) is 54.0 Å². The number of hydrogen-bond donors (Lipinski definition) is 2. The van der Waals surface area contributed by atoms with Crippen molar-refractivity contribution in [2.24, 2.45) is 0 Å². The lowest BCUT2D eigenvalue weighted by atomic mass is 10.2. The Morgan fingerprint density at radius 3 is 2.56 bits per heavy atom. The molecule has 3 rings (SSSR count). The van der Waals surface area contributed by atoms with Crippen LogP contribution < -0.4 is 10.6 Å². The zero-order valence-electron chi connectivity index (χ0n) is 12.8. The molecule has 126 valence electrons. The number of halogens is 3. The maximum absolute atomic E-state index is 13.3. The molecule has 0 saturated carbocycles. The standard InChI is InChI=1S/C18H12ClF2N3O/c19-13-3-1-2-4-16(13)24-18(25)11-7-8-22-17(9-11)23-12-5-6-14(20)15(21)10-12/h1-10H,(H,22,23)(H,24,25). The number of carbonyl (C=O) groups excluding carboxylic acids is 1. The quantitative estimate of drug-likeness (QED) is 0.688. The first kappa shape index (κ1) is 16.9. The molecule has 2 N–H and O–H groups in total. The van der Waals surface area contributed by atoms with Crippen molar-refractivity contribution < 1.29 is 13.6 Å². The lowest BCUT2D eigenvalue weighted by molar-refractivity contribution is 0.102. The molecule has 0 fully saturated rings. The largest absolute Gasteiger partial charge is 0.340 e. The van der Waals surface area contributed by atoms with Crippen LogP contribution in [0.2, 0.25) is 5.02 Å². The van der Waals surface area contributed by atoms with E-state index in [1.807, 2.05) is 0 Å². The highest BCUT2D eigenvalue weighted by atomic mass is 35.5. The summed E-state index contributed by atoms with van der Waals surface area (Å²) >= 11 is 6.02. The van der Waals surface area contributed by atoms with E-state index in [1.165, 1.54) is 24.4 Å². The number of benzene rings is 2. The number of rotatable bonds is 4. The van der Waals surface area contributed by atoms with E-state index in [4.69, 9.17) is 11.6 Å². The van der Waals surface area contributed by atoms with E-state index in [9.17, 15) is 13.6 Å². The highest BCUT2D eigenvalue weighted by Gasteiger charge is 2.10. The number of para-hydroxylation sites is 1. The van der Waals surface area contributed by atoms with E-state index in [1.54, 1.807) is 24.3 Å². The first-order chi connectivity index (χ1) is 12.0. The summed E-state index contributed by atoms with van der Waals surface area (Å²) < 4.78 is 26.2. The molecule has 4 nitrogen and oxygen atoms in total. The van der Waals surface area contributed by atoms with Crippen molar-refractivity contribution in [3.05, 3.63) is 83.0 Å². The van der Waals surface area contributed by atoms with E-state index in [-0.39, 0.29) is 5.91 Å². The minimum absolute atomic E-state index is 0.315. The van der Waals surface area contributed by atoms with Gasteiger partial charge in [0, 0.05) is 23.5 Å². The van der Waals surface area contributed by atoms with E-state index in [0.29, 0.717) is 27.8 Å². The van der Waals surface area contributed by atoms with Gasteiger partial charge in [-0.3, -0.25) is 4.79 Å². The van der Waals surface area contributed by atoms with Crippen LogP contribution in [0.1, 0.15) is 10.4 Å². The number of nitrogens with one attached hydrogen (secondary N) is 2. The summed E-state index contributed by atoms with van der Waals surface area (Å²) in [6.45, 7) is 0. The number of anilines is 3. The molecule has 0 unspecified atom stereocenters. The average Bonchev–Trinajstić information content (AvgIpc) is 2.60. The summed E-state index contributed by atoms with van der Waals surface area (Å²) in [4.78, 5) is 16.4. The van der Waals surface area contributed by atoms with E-state index in [0.717, 1.165) is 12.1 Å². The normalized spacial score (nSPS) is 10.4. The summed E-state index contributed by atoms with van der Waals surface area (Å²) in [7, 11) is 0. The first-order valence-electron chi connectivity index (χ1n) is 7.27. The second kappa shape index (κ2) is 7.27. The Morgan fingerprint density at radius 1 is 1.00 bits per heavy atom. The molecule has 1 aromatic heterocycles. The van der Waals surface area contributed by atoms with Crippen molar-refractivity contribution in [1.82, 2.24) is 4.98 Å². The van der Waals surface area contributed by atoms with Gasteiger partial charge in [0.25, 0.3) is 5.91 Å². The third-order valence-corrected chi connectivity index (χ3v) is 3.67. The second-order valence-electron chi connectivity index (χ2n) is 5.12. The van der Waals surface area contributed by atoms with Crippen LogP contribution in [0.25, 0.3) is 0 Å². The lowest BCUT2D eigenvalue weighted by Crippen LogP contribution is -2.12. The Labute approximate surface area is 147 Å². The second-order valence-corrected chi connectivity index (χ2v) is 5.52. The van der Waals surface area contributed by atoms with Gasteiger partial charge in [0.15, 0.2) is 11.6 Å². The predicted molar refractivity (Wildman–Crippen MR) is 93.3 cm³/mol. The summed E-state index contributed by atoms with van der Waals surface area (Å²) in [5, 5.41) is 5.94. The zero-order valence-corrected chi connectivity index (χ0v) is 13.5. The van der Waals surface area contributed by atoms with Crippen molar-refractivity contribution in [3.63, 3.8) is 0 Å². The highest BCUT2D eigenvalue weighted by molar-refractivity contribution is 6.33. The number of amides is 1. The smallest absolute Gasteiger partial charge is 0.255 e. The Kier molecular flexibility index (Phi) is 4.90. The maximum Gasteiger partial charge on any atom is 0.255 e. The molecule has 7 heteroatoms. The zero-order chi connectivity index (χ0) is 17.8. The summed E-state index contributed by atoms with van der Waals surface area (Å²) in [5.41, 5.74) is 1.14. The Balaban J connectivity index is 1.77. The van der Waals surface area contributed by atoms with Crippen molar-refractivity contribution in [1.29, 1.82) is 0 Å². The third-order valence-electron chi connectivity index (χ3n) is 3.34. The van der Waals surface area contributed by atoms with Crippen LogP contribution in [0.3, 0.4) is 0 Å². The average molecular weight is 360 g/mol. The minimum atomic E-state index is -0.974. The van der Waals surface area contributed by atoms with Crippen molar-refractivity contribution in [2.45, 2.75) is 0 Å².